The quantitative estimate of drug-likeness (QED) is 0.0196. The van der Waals surface area contributed by atoms with Gasteiger partial charge in [0, 0.05) is 115 Å². The minimum Gasteiger partial charge on any atom is -0.497 e. The molecule has 12 aromatic carbocycles. The van der Waals surface area contributed by atoms with E-state index in [-0.39, 0.29) is 30.1 Å². The van der Waals surface area contributed by atoms with Crippen molar-refractivity contribution in [3.8, 4) is 86.2 Å². The normalized spacial score (nSPS) is 15.7. The van der Waals surface area contributed by atoms with Gasteiger partial charge in [0.15, 0.2) is 36.0 Å². The second-order valence-corrected chi connectivity index (χ2v) is 36.9. The van der Waals surface area contributed by atoms with E-state index in [1.807, 2.05) is 159 Å². The molecule has 6 heterocycles. The summed E-state index contributed by atoms with van der Waals surface area (Å²) in [6.45, 7) is 17.4. The van der Waals surface area contributed by atoms with Crippen LogP contribution in [0.3, 0.4) is 0 Å². The molecule has 8 N–H and O–H groups in total. The summed E-state index contributed by atoms with van der Waals surface area (Å²) in [5.74, 6) is 12.5. The number of hydrogen-bond donors (Lipinski definition) is 6. The number of halogens is 1. The Morgan fingerprint density at radius 1 is 0.448 bits per heavy atom. The van der Waals surface area contributed by atoms with Crippen molar-refractivity contribution in [2.45, 2.75) is 181 Å². The second kappa shape index (κ2) is 56.3. The van der Waals surface area contributed by atoms with Gasteiger partial charge in [-0.1, -0.05) is 74.2 Å². The Morgan fingerprint density at radius 2 is 0.986 bits per heavy atom. The molecule has 8 aliphatic rings. The third-order valence-electron chi connectivity index (χ3n) is 25.9. The Morgan fingerprint density at radius 3 is 1.60 bits per heavy atom. The summed E-state index contributed by atoms with van der Waals surface area (Å²) in [5, 5.41) is 19.7. The first-order valence-corrected chi connectivity index (χ1v) is 50.3. The summed E-state index contributed by atoms with van der Waals surface area (Å²) in [4.78, 5) is 4.46. The summed E-state index contributed by atoms with van der Waals surface area (Å²) in [7, 11) is 11.7. The van der Waals surface area contributed by atoms with Crippen LogP contribution >= 0.6 is 0 Å². The maximum atomic E-state index is 12.6. The molecule has 12 aromatic rings. The molecule has 1 spiro atoms. The second-order valence-electron chi connectivity index (χ2n) is 36.9. The summed E-state index contributed by atoms with van der Waals surface area (Å²) in [6, 6.07) is 81.9. The first kappa shape index (κ1) is 108. The molecule has 145 heavy (non-hydrogen) atoms. The van der Waals surface area contributed by atoms with Crippen molar-refractivity contribution in [3.63, 3.8) is 0 Å². The molecule has 27 heteroatoms. The SMILES string of the molecule is CCOc1ccc(NCC2CCOC(C)(C)C2)cc1.COc1cc(N2CCCC2)c(OC)cc1CO.COc1ccc(CCc2ccc(OC)c(C)c2)cc1.COc1ccc(N2COc3ccc(OC)cc3C2)cc1.COc1ccc(NCC2OCc3ccccc3CO2)cc1.Nc1ccc(OCCOc2ccc(F)cc2)cc1.Nc1ccc2c(c1)OC1(CCCCC1)O2.c1cc2c(cc1NC1CCCCC1)OCO2. The number of hydrogen-bond acceptors (Lipinski definition) is 26. The van der Waals surface area contributed by atoms with Gasteiger partial charge in [0.2, 0.25) is 6.79 Å². The number of nitrogens with one attached hydrogen (secondary N) is 3. The summed E-state index contributed by atoms with van der Waals surface area (Å²) in [6.07, 6.45) is 18.8. The van der Waals surface area contributed by atoms with Crippen LogP contribution in [0.15, 0.2) is 255 Å². The van der Waals surface area contributed by atoms with Crippen molar-refractivity contribution in [2.24, 2.45) is 5.92 Å². The lowest BCUT2D eigenvalue weighted by atomic mass is 9.88. The highest BCUT2D eigenvalue weighted by Gasteiger charge is 2.42. The number of nitrogen functional groups attached to an aromatic ring is 2. The van der Waals surface area contributed by atoms with Crippen LogP contribution in [0.5, 0.6) is 86.2 Å². The van der Waals surface area contributed by atoms with E-state index in [0.717, 1.165) is 197 Å². The number of fused-ring (bicyclic) bond motifs is 4. The Hall–Kier alpha value is -14.0. The molecular formula is C118H146FN7O19. The van der Waals surface area contributed by atoms with Gasteiger partial charge < -0.3 is 128 Å². The van der Waals surface area contributed by atoms with Crippen molar-refractivity contribution in [3.05, 3.63) is 300 Å². The lowest BCUT2D eigenvalue weighted by Gasteiger charge is -2.35. The largest absolute Gasteiger partial charge is 0.497 e. The van der Waals surface area contributed by atoms with Gasteiger partial charge in [-0.05, 0) is 314 Å². The van der Waals surface area contributed by atoms with Gasteiger partial charge >= 0.3 is 0 Å². The molecule has 2 saturated carbocycles. The van der Waals surface area contributed by atoms with E-state index in [9.17, 15) is 9.50 Å². The molecule has 0 bridgehead atoms. The number of rotatable bonds is 28. The molecule has 4 fully saturated rings. The third-order valence-corrected chi connectivity index (χ3v) is 25.9. The van der Waals surface area contributed by atoms with Crippen molar-refractivity contribution < 1.29 is 94.8 Å². The van der Waals surface area contributed by atoms with Gasteiger partial charge in [0.1, 0.15) is 82.3 Å². The minimum absolute atomic E-state index is 0.0312. The van der Waals surface area contributed by atoms with E-state index in [0.29, 0.717) is 76.5 Å². The fourth-order valence-corrected chi connectivity index (χ4v) is 18.0. The van der Waals surface area contributed by atoms with Crippen LogP contribution < -0.4 is 108 Å². The maximum absolute atomic E-state index is 12.6. The topological polar surface area (TPSA) is 281 Å². The number of methoxy groups -OCH3 is 7. The number of nitrogens with zero attached hydrogens (tertiary/aromatic N) is 2. The van der Waals surface area contributed by atoms with E-state index in [1.165, 1.54) is 104 Å². The van der Waals surface area contributed by atoms with E-state index in [1.54, 1.807) is 86.2 Å². The van der Waals surface area contributed by atoms with Gasteiger partial charge in [-0.15, -0.1) is 0 Å². The van der Waals surface area contributed by atoms with Crippen molar-refractivity contribution in [2.75, 3.05) is 153 Å². The number of aryl methyl sites for hydroxylation is 3. The van der Waals surface area contributed by atoms with Crippen LogP contribution in [0.4, 0.5) is 44.2 Å². The first-order chi connectivity index (χ1) is 70.7. The molecule has 1 atom stereocenters. The van der Waals surface area contributed by atoms with Crippen molar-refractivity contribution in [1.82, 2.24) is 0 Å². The average Bonchev–Trinajstić information content (AvgIpc) is 1.64. The zero-order valence-electron chi connectivity index (χ0n) is 85.9. The number of aliphatic hydroxyl groups excluding tert-OH is 1. The maximum Gasteiger partial charge on any atom is 0.251 e. The van der Waals surface area contributed by atoms with Crippen molar-refractivity contribution >= 4 is 39.8 Å². The molecule has 20 rings (SSSR count). The lowest BCUT2D eigenvalue weighted by molar-refractivity contribution is -0.139. The predicted molar refractivity (Wildman–Crippen MR) is 572 cm³/mol. The van der Waals surface area contributed by atoms with Crippen LogP contribution in [0.25, 0.3) is 0 Å². The van der Waals surface area contributed by atoms with Crippen LogP contribution in [0, 0.1) is 18.7 Å². The Labute approximate surface area is 855 Å². The molecule has 0 amide bonds. The summed E-state index contributed by atoms with van der Waals surface area (Å²) < 4.78 is 111. The number of benzene rings is 12. The fourth-order valence-electron chi connectivity index (χ4n) is 18.0. The van der Waals surface area contributed by atoms with Crippen LogP contribution in [0.2, 0.25) is 0 Å². The highest BCUT2D eigenvalue weighted by molar-refractivity contribution is 5.65. The van der Waals surface area contributed by atoms with E-state index in [2.05, 4.69) is 101 Å². The van der Waals surface area contributed by atoms with E-state index in [4.69, 9.17) is 96.7 Å². The molecule has 2 saturated heterocycles. The Kier molecular flexibility index (Phi) is 42.1. The zero-order chi connectivity index (χ0) is 102. The highest BCUT2D eigenvalue weighted by atomic mass is 19.1. The molecule has 1 unspecified atom stereocenters. The Bertz CT molecular complexity index is 5780. The van der Waals surface area contributed by atoms with Gasteiger partial charge in [-0.3, -0.25) is 0 Å². The smallest absolute Gasteiger partial charge is 0.251 e. The van der Waals surface area contributed by atoms with E-state index < -0.39 is 0 Å². The van der Waals surface area contributed by atoms with Crippen LogP contribution in [0.1, 0.15) is 150 Å². The monoisotopic (exact) mass is 1980 g/mol. The number of aliphatic hydroxyl groups is 1. The number of anilines is 7. The predicted octanol–water partition coefficient (Wildman–Crippen LogP) is 24.3. The fraction of sp³-hybridized carbons (Fsp3) is 0.390. The molecule has 0 aromatic heterocycles. The summed E-state index contributed by atoms with van der Waals surface area (Å²) >= 11 is 0. The standard InChI is InChI=1S/C17H19NO3.C17H20O2.C16H17NO3.C16H25NO2.C14H14FNO2.C13H19NO3.C13H17NO2.C12H15NO2/c1-19-16-8-6-15(7-9-16)18-10-17-20-11-13-4-2-3-5-14(13)12-21-17;1-13-12-15(8-11-17(13)19-3)5-4-14-6-9-16(18-2)10-7-14;1-18-14-5-3-13(4-6-14)17-10-12-9-15(19-2)7-8-16(12)20-11-17;1-4-18-15-7-5-14(6-8-15)17-12-13-9-10-19-16(2,3)11-13;15-11-1-5-13(6-2-11)17-9-10-18-14-7-3-12(16)4-8-14;1-16-12-8-11(14-5-3-4-6-14)13(17-2)7-10(12)9-15;1-2-4-10(5-3-1)14-11-6-7-12-13(8-11)16-9-15-12;13-9-4-5-10-11(8-9)15-12(14-10)6-2-1-3-7-12/h2-9,17-18H,10-12H2,1H3;6-12H,4-5H2,1-3H3;3-9H,10-11H2,1-2H3;5-8,13,17H,4,9-12H2,1-3H3;1-8H,9-10,16H2;7-8,15H,3-6,9H2,1-2H3;6-8,10,14H,1-5,9H2;4-5,8H,1-3,6-7,13H2. The van der Waals surface area contributed by atoms with Gasteiger partial charge in [0.05, 0.1) is 94.0 Å². The summed E-state index contributed by atoms with van der Waals surface area (Å²) in [5.41, 5.74) is 26.4. The molecule has 774 valence electrons. The zero-order valence-corrected chi connectivity index (χ0v) is 85.9. The molecular weight excluding hydrogens is 1840 g/mol. The molecule has 0 radical (unpaired) electrons. The van der Waals surface area contributed by atoms with Crippen molar-refractivity contribution in [1.29, 1.82) is 0 Å². The molecule has 26 nitrogen and oxygen atoms in total. The van der Waals surface area contributed by atoms with E-state index >= 15 is 0 Å². The van der Waals surface area contributed by atoms with Gasteiger partial charge in [0.25, 0.3) is 5.79 Å². The average molecular weight is 1990 g/mol. The highest BCUT2D eigenvalue weighted by Crippen LogP contribution is 2.47. The third kappa shape index (κ3) is 34.1. The molecule has 6 aliphatic heterocycles. The molecule has 2 aliphatic carbocycles. The van der Waals surface area contributed by atoms with Gasteiger partial charge in [-0.25, -0.2) is 4.39 Å². The first-order valence-electron chi connectivity index (χ1n) is 50.3. The lowest BCUT2D eigenvalue weighted by Crippen LogP contribution is -2.40. The van der Waals surface area contributed by atoms with Crippen LogP contribution in [-0.4, -0.2) is 145 Å². The minimum atomic E-state index is -0.381. The van der Waals surface area contributed by atoms with Crippen LogP contribution in [-0.2, 0) is 53.4 Å². The number of ether oxygens (including phenoxy) is 18. The Balaban J connectivity index is 0.000000139. The number of nitrogens with two attached hydrogens (primary N) is 2. The van der Waals surface area contributed by atoms with Gasteiger partial charge in [-0.2, -0.15) is 0 Å².